The zero-order valence-electron chi connectivity index (χ0n) is 17.7. The van der Waals surface area contributed by atoms with Crippen LogP contribution in [0.3, 0.4) is 0 Å². The zero-order valence-corrected chi connectivity index (χ0v) is 19.3. The number of hydrogen-bond donors (Lipinski definition) is 0. The van der Waals surface area contributed by atoms with E-state index in [-0.39, 0.29) is 5.91 Å². The van der Waals surface area contributed by atoms with Gasteiger partial charge in [0.05, 0.1) is 28.4 Å². The van der Waals surface area contributed by atoms with E-state index >= 15 is 0 Å². The monoisotopic (exact) mass is 478 g/mol. The Morgan fingerprint density at radius 1 is 0.833 bits per heavy atom. The number of amides is 1. The first-order valence-electron chi connectivity index (χ1n) is 9.64. The average Bonchev–Trinajstić information content (AvgIpc) is 2.79. The molecule has 1 aliphatic heterocycles. The first-order chi connectivity index (χ1) is 14.5. The van der Waals surface area contributed by atoms with Crippen LogP contribution in [0.4, 0.5) is 0 Å². The highest BCUT2D eigenvalue weighted by Gasteiger charge is 2.24. The van der Waals surface area contributed by atoms with Crippen molar-refractivity contribution in [2.45, 2.75) is 6.54 Å². The molecule has 7 nitrogen and oxygen atoms in total. The maximum Gasteiger partial charge on any atom is 0.254 e. The number of halogens is 1. The predicted octanol–water partition coefficient (Wildman–Crippen LogP) is 3.44. The van der Waals surface area contributed by atoms with E-state index in [0.717, 1.165) is 36.7 Å². The molecule has 1 saturated heterocycles. The third kappa shape index (κ3) is 4.82. The maximum atomic E-state index is 13.0. The van der Waals surface area contributed by atoms with Gasteiger partial charge in [0.2, 0.25) is 0 Å². The molecule has 1 fully saturated rings. The minimum Gasteiger partial charge on any atom is -0.495 e. The van der Waals surface area contributed by atoms with Gasteiger partial charge in [0.1, 0.15) is 16.0 Å². The number of methoxy groups -OCH3 is 4. The van der Waals surface area contributed by atoms with Gasteiger partial charge in [-0.25, -0.2) is 0 Å². The lowest BCUT2D eigenvalue weighted by Gasteiger charge is -2.35. The molecule has 0 N–H and O–H groups in total. The summed E-state index contributed by atoms with van der Waals surface area (Å²) in [7, 11) is 6.41. The van der Waals surface area contributed by atoms with Crippen molar-refractivity contribution in [2.24, 2.45) is 0 Å². The maximum absolute atomic E-state index is 13.0. The summed E-state index contributed by atoms with van der Waals surface area (Å²) in [5.74, 6) is 2.57. The highest BCUT2D eigenvalue weighted by molar-refractivity contribution is 9.10. The number of rotatable bonds is 7. The molecule has 2 aromatic carbocycles. The molecule has 1 heterocycles. The van der Waals surface area contributed by atoms with Crippen LogP contribution in [0, 0.1) is 0 Å². The Bertz CT molecular complexity index is 872. The van der Waals surface area contributed by atoms with Crippen molar-refractivity contribution in [1.29, 1.82) is 0 Å². The number of nitrogens with zero attached hydrogens (tertiary/aromatic N) is 2. The topological polar surface area (TPSA) is 60.5 Å². The number of carbonyl (C=O) groups is 1. The molecule has 0 saturated carbocycles. The Labute approximate surface area is 185 Å². The molecular weight excluding hydrogens is 452 g/mol. The lowest BCUT2D eigenvalue weighted by atomic mass is 10.1. The number of hydrogen-bond acceptors (Lipinski definition) is 6. The summed E-state index contributed by atoms with van der Waals surface area (Å²) >= 11 is 3.44. The molecule has 0 atom stereocenters. The molecule has 3 rings (SSSR count). The SMILES string of the molecule is COc1ccc(CN2CCN(C(=O)c3cc(OC)c(Br)c(OC)c3)CC2)cc1OC. The van der Waals surface area contributed by atoms with E-state index < -0.39 is 0 Å². The summed E-state index contributed by atoms with van der Waals surface area (Å²) in [5, 5.41) is 0. The fourth-order valence-electron chi connectivity index (χ4n) is 3.52. The number of ether oxygens (including phenoxy) is 4. The van der Waals surface area contributed by atoms with E-state index in [4.69, 9.17) is 18.9 Å². The first-order valence-corrected chi connectivity index (χ1v) is 10.4. The molecule has 0 bridgehead atoms. The van der Waals surface area contributed by atoms with E-state index in [1.165, 1.54) is 0 Å². The van der Waals surface area contributed by atoms with Crippen molar-refractivity contribution in [2.75, 3.05) is 54.6 Å². The second-order valence-corrected chi connectivity index (χ2v) is 7.75. The lowest BCUT2D eigenvalue weighted by molar-refractivity contribution is 0.0627. The fourth-order valence-corrected chi connectivity index (χ4v) is 4.07. The normalized spacial score (nSPS) is 14.4. The largest absolute Gasteiger partial charge is 0.495 e. The van der Waals surface area contributed by atoms with Gasteiger partial charge >= 0.3 is 0 Å². The van der Waals surface area contributed by atoms with Crippen molar-refractivity contribution in [1.82, 2.24) is 9.80 Å². The van der Waals surface area contributed by atoms with Gasteiger partial charge in [-0.15, -0.1) is 0 Å². The highest BCUT2D eigenvalue weighted by Crippen LogP contribution is 2.36. The van der Waals surface area contributed by atoms with Crippen LogP contribution in [0.1, 0.15) is 15.9 Å². The van der Waals surface area contributed by atoms with Crippen LogP contribution in [0.15, 0.2) is 34.8 Å². The number of carbonyl (C=O) groups excluding carboxylic acids is 1. The molecule has 162 valence electrons. The van der Waals surface area contributed by atoms with E-state index in [0.29, 0.717) is 34.6 Å². The molecule has 8 heteroatoms. The predicted molar refractivity (Wildman–Crippen MR) is 118 cm³/mol. The van der Waals surface area contributed by atoms with Crippen molar-refractivity contribution < 1.29 is 23.7 Å². The van der Waals surface area contributed by atoms with Crippen LogP contribution in [0.2, 0.25) is 0 Å². The fraction of sp³-hybridized carbons (Fsp3) is 0.409. The molecule has 2 aromatic rings. The van der Waals surface area contributed by atoms with Gasteiger partial charge in [0.15, 0.2) is 11.5 Å². The minimum absolute atomic E-state index is 0.0233. The third-order valence-corrected chi connectivity index (χ3v) is 5.99. The molecule has 0 aromatic heterocycles. The van der Waals surface area contributed by atoms with E-state index in [1.54, 1.807) is 40.6 Å². The molecule has 0 unspecified atom stereocenters. The molecule has 30 heavy (non-hydrogen) atoms. The van der Waals surface area contributed by atoms with Crippen LogP contribution >= 0.6 is 15.9 Å². The van der Waals surface area contributed by atoms with Gasteiger partial charge < -0.3 is 23.8 Å². The summed E-state index contributed by atoms with van der Waals surface area (Å²) in [6.07, 6.45) is 0. The van der Waals surface area contributed by atoms with Crippen molar-refractivity contribution in [3.8, 4) is 23.0 Å². The van der Waals surface area contributed by atoms with Crippen LogP contribution < -0.4 is 18.9 Å². The van der Waals surface area contributed by atoms with Gasteiger partial charge in [-0.05, 0) is 45.8 Å². The van der Waals surface area contributed by atoms with Crippen LogP contribution in [0.5, 0.6) is 23.0 Å². The summed E-state index contributed by atoms with van der Waals surface area (Å²) in [6.45, 7) is 3.71. The average molecular weight is 479 g/mol. The van der Waals surface area contributed by atoms with Crippen molar-refractivity contribution in [3.05, 3.63) is 45.9 Å². The Balaban J connectivity index is 1.64. The molecule has 1 amide bonds. The third-order valence-electron chi connectivity index (χ3n) is 5.21. The quantitative estimate of drug-likeness (QED) is 0.607. The van der Waals surface area contributed by atoms with Gasteiger partial charge in [-0.2, -0.15) is 0 Å². The smallest absolute Gasteiger partial charge is 0.254 e. The molecule has 1 aliphatic rings. The molecular formula is C22H27BrN2O5. The zero-order chi connectivity index (χ0) is 21.7. The van der Waals surface area contributed by atoms with Gasteiger partial charge in [0, 0.05) is 38.3 Å². The Morgan fingerprint density at radius 2 is 1.40 bits per heavy atom. The summed E-state index contributed by atoms with van der Waals surface area (Å²) in [4.78, 5) is 17.2. The lowest BCUT2D eigenvalue weighted by Crippen LogP contribution is -2.48. The summed E-state index contributed by atoms with van der Waals surface area (Å²) in [5.41, 5.74) is 1.70. The summed E-state index contributed by atoms with van der Waals surface area (Å²) < 4.78 is 22.1. The van der Waals surface area contributed by atoms with Gasteiger partial charge in [0.25, 0.3) is 5.91 Å². The first kappa shape index (κ1) is 22.2. The molecule has 0 aliphatic carbocycles. The Morgan fingerprint density at radius 3 is 1.93 bits per heavy atom. The minimum atomic E-state index is -0.0233. The van der Waals surface area contributed by atoms with E-state index in [1.807, 2.05) is 23.1 Å². The van der Waals surface area contributed by atoms with Crippen LogP contribution in [0.25, 0.3) is 0 Å². The number of piperazine rings is 1. The molecule has 0 spiro atoms. The number of benzene rings is 2. The van der Waals surface area contributed by atoms with Crippen LogP contribution in [-0.2, 0) is 6.54 Å². The molecule has 0 radical (unpaired) electrons. The Hall–Kier alpha value is -2.45. The summed E-state index contributed by atoms with van der Waals surface area (Å²) in [6, 6.07) is 9.44. The van der Waals surface area contributed by atoms with Gasteiger partial charge in [-0.3, -0.25) is 9.69 Å². The standard InChI is InChI=1S/C22H27BrN2O5/c1-27-17-6-5-15(11-18(17)28-2)14-24-7-9-25(10-8-24)22(26)16-12-19(29-3)21(23)20(13-16)30-4/h5-6,11-13H,7-10,14H2,1-4H3. The van der Waals surface area contributed by atoms with Crippen LogP contribution in [-0.4, -0.2) is 70.3 Å². The van der Waals surface area contributed by atoms with Gasteiger partial charge in [-0.1, -0.05) is 6.07 Å². The van der Waals surface area contributed by atoms with E-state index in [9.17, 15) is 4.79 Å². The second kappa shape index (κ2) is 10.0. The van der Waals surface area contributed by atoms with E-state index in [2.05, 4.69) is 20.8 Å². The van der Waals surface area contributed by atoms with Crippen molar-refractivity contribution >= 4 is 21.8 Å². The Kier molecular flexibility index (Phi) is 7.44. The van der Waals surface area contributed by atoms with Crippen molar-refractivity contribution in [3.63, 3.8) is 0 Å². The highest BCUT2D eigenvalue weighted by atomic mass is 79.9. The second-order valence-electron chi connectivity index (χ2n) is 6.95.